The second-order valence-electron chi connectivity index (χ2n) is 7.75. The first-order valence-electron chi connectivity index (χ1n) is 10.3. The van der Waals surface area contributed by atoms with Crippen LogP contribution in [0.5, 0.6) is 11.5 Å². The second kappa shape index (κ2) is 11.8. The molecule has 1 aromatic heterocycles. The van der Waals surface area contributed by atoms with Crippen molar-refractivity contribution in [2.75, 3.05) is 40.9 Å². The van der Waals surface area contributed by atoms with Crippen molar-refractivity contribution in [2.24, 2.45) is 0 Å². The van der Waals surface area contributed by atoms with E-state index in [1.54, 1.807) is 20.3 Å². The van der Waals surface area contributed by atoms with Crippen LogP contribution in [-0.2, 0) is 13.0 Å². The number of nitrogens with zero attached hydrogens (tertiary/aromatic N) is 2. The Morgan fingerprint density at radius 1 is 1.06 bits per heavy atom. The van der Waals surface area contributed by atoms with Crippen LogP contribution in [0.4, 0.5) is 0 Å². The molecular formula is C24H30Cl2N2O3S. The first-order valence-corrected chi connectivity index (χ1v) is 11.2. The average molecular weight is 497 g/mol. The quantitative estimate of drug-likeness (QED) is 0.403. The molecule has 1 aliphatic heterocycles. The van der Waals surface area contributed by atoms with Crippen molar-refractivity contribution < 1.29 is 14.3 Å². The highest BCUT2D eigenvalue weighted by Crippen LogP contribution is 2.35. The summed E-state index contributed by atoms with van der Waals surface area (Å²) in [7, 11) is 5.37. The molecule has 2 aromatic carbocycles. The van der Waals surface area contributed by atoms with Crippen LogP contribution in [0, 0.1) is 0 Å². The summed E-state index contributed by atoms with van der Waals surface area (Å²) >= 11 is 1.82. The van der Waals surface area contributed by atoms with Gasteiger partial charge in [-0.3, -0.25) is 4.79 Å². The summed E-state index contributed by atoms with van der Waals surface area (Å²) in [4.78, 5) is 17.0. The maximum absolute atomic E-state index is 12.8. The fourth-order valence-corrected chi connectivity index (χ4v) is 5.06. The molecule has 0 saturated heterocycles. The first kappa shape index (κ1) is 26.3. The van der Waals surface area contributed by atoms with Crippen molar-refractivity contribution in [2.45, 2.75) is 19.4 Å². The Balaban J connectivity index is 0.00000181. The van der Waals surface area contributed by atoms with E-state index in [9.17, 15) is 4.79 Å². The summed E-state index contributed by atoms with van der Waals surface area (Å²) < 4.78 is 12.1. The Kier molecular flexibility index (Phi) is 9.64. The number of halogens is 2. The Bertz CT molecular complexity index is 1060. The standard InChI is InChI=1S/C24H28N2O3S.2ClH/c1-25(12-9-17-16-30-23-8-5-4-7-19(17)23)10-6-11-26-15-18-13-21(28-2)22(29-3)14-20(18)24(26)27;;/h4-5,7-8,13-14,16H,6,9-12,15H2,1-3H3;2*1H. The number of methoxy groups -OCH3 is 2. The number of likely N-dealkylation sites (N-methyl/N-ethyl adjacent to an activating group) is 1. The fraction of sp³-hybridized carbons (Fsp3) is 0.375. The molecule has 32 heavy (non-hydrogen) atoms. The molecule has 1 amide bonds. The second-order valence-corrected chi connectivity index (χ2v) is 8.67. The lowest BCUT2D eigenvalue weighted by atomic mass is 10.1. The summed E-state index contributed by atoms with van der Waals surface area (Å²) in [5.41, 5.74) is 3.16. The lowest BCUT2D eigenvalue weighted by Gasteiger charge is -2.20. The molecule has 0 fully saturated rings. The van der Waals surface area contributed by atoms with Crippen molar-refractivity contribution in [3.63, 3.8) is 0 Å². The Morgan fingerprint density at radius 3 is 2.53 bits per heavy atom. The topological polar surface area (TPSA) is 42.0 Å². The van der Waals surface area contributed by atoms with Gasteiger partial charge in [-0.25, -0.2) is 0 Å². The van der Waals surface area contributed by atoms with E-state index in [0.717, 1.165) is 43.6 Å². The molecule has 0 radical (unpaired) electrons. The molecular weight excluding hydrogens is 467 g/mol. The normalized spacial score (nSPS) is 12.5. The van der Waals surface area contributed by atoms with E-state index in [-0.39, 0.29) is 30.7 Å². The van der Waals surface area contributed by atoms with Crippen molar-refractivity contribution in [3.8, 4) is 11.5 Å². The van der Waals surface area contributed by atoms with Gasteiger partial charge in [-0.1, -0.05) is 18.2 Å². The molecule has 0 unspecified atom stereocenters. The molecule has 0 saturated carbocycles. The van der Waals surface area contributed by atoms with E-state index in [2.05, 4.69) is 41.6 Å². The summed E-state index contributed by atoms with van der Waals surface area (Å²) in [6.07, 6.45) is 2.00. The zero-order valence-corrected chi connectivity index (χ0v) is 21.1. The number of carbonyl (C=O) groups excluding carboxylic acids is 1. The highest BCUT2D eigenvalue weighted by molar-refractivity contribution is 7.17. The summed E-state index contributed by atoms with van der Waals surface area (Å²) in [6.45, 7) is 3.38. The highest BCUT2D eigenvalue weighted by Gasteiger charge is 2.29. The summed E-state index contributed by atoms with van der Waals surface area (Å²) in [5.74, 6) is 1.36. The molecule has 1 aliphatic rings. The number of thiophene rings is 1. The van der Waals surface area contributed by atoms with Crippen LogP contribution >= 0.6 is 36.2 Å². The van der Waals surface area contributed by atoms with Crippen LogP contribution in [-0.4, -0.2) is 56.6 Å². The minimum Gasteiger partial charge on any atom is -0.493 e. The average Bonchev–Trinajstić information content (AvgIpc) is 3.32. The number of ether oxygens (including phenoxy) is 2. The number of amides is 1. The van der Waals surface area contributed by atoms with Crippen LogP contribution in [0.2, 0.25) is 0 Å². The molecule has 5 nitrogen and oxygen atoms in total. The van der Waals surface area contributed by atoms with Gasteiger partial charge in [0.25, 0.3) is 5.91 Å². The molecule has 3 aromatic rings. The number of carbonyl (C=O) groups is 1. The molecule has 0 spiro atoms. The van der Waals surface area contributed by atoms with Gasteiger partial charge in [0.05, 0.1) is 14.2 Å². The van der Waals surface area contributed by atoms with Gasteiger partial charge < -0.3 is 19.3 Å². The van der Waals surface area contributed by atoms with Crippen molar-refractivity contribution in [1.82, 2.24) is 9.80 Å². The van der Waals surface area contributed by atoms with Gasteiger partial charge in [0.15, 0.2) is 11.5 Å². The zero-order chi connectivity index (χ0) is 21.1. The maximum Gasteiger partial charge on any atom is 0.254 e. The monoisotopic (exact) mass is 496 g/mol. The third-order valence-electron chi connectivity index (χ3n) is 5.78. The van der Waals surface area contributed by atoms with Crippen molar-refractivity contribution in [1.29, 1.82) is 0 Å². The Morgan fingerprint density at radius 2 is 1.78 bits per heavy atom. The molecule has 2 heterocycles. The van der Waals surface area contributed by atoms with Crippen LogP contribution in [0.3, 0.4) is 0 Å². The Hall–Kier alpha value is -1.99. The smallest absolute Gasteiger partial charge is 0.254 e. The highest BCUT2D eigenvalue weighted by atomic mass is 35.5. The van der Waals surface area contributed by atoms with Gasteiger partial charge in [-0.2, -0.15) is 0 Å². The van der Waals surface area contributed by atoms with Crippen molar-refractivity contribution >= 4 is 52.1 Å². The van der Waals surface area contributed by atoms with Crippen LogP contribution in [0.1, 0.15) is 27.9 Å². The van der Waals surface area contributed by atoms with Gasteiger partial charge in [0.2, 0.25) is 0 Å². The first-order chi connectivity index (χ1) is 14.6. The zero-order valence-electron chi connectivity index (χ0n) is 18.6. The molecule has 0 aliphatic carbocycles. The maximum atomic E-state index is 12.8. The molecule has 174 valence electrons. The predicted molar refractivity (Wildman–Crippen MR) is 136 cm³/mol. The Labute approximate surface area is 206 Å². The summed E-state index contributed by atoms with van der Waals surface area (Å²) in [5, 5.41) is 3.66. The lowest BCUT2D eigenvalue weighted by Crippen LogP contribution is -2.29. The lowest BCUT2D eigenvalue weighted by molar-refractivity contribution is 0.0772. The van der Waals surface area contributed by atoms with Crippen molar-refractivity contribution in [3.05, 3.63) is 58.5 Å². The third-order valence-corrected chi connectivity index (χ3v) is 6.79. The van der Waals surface area contributed by atoms with Gasteiger partial charge in [-0.05, 0) is 66.5 Å². The number of benzene rings is 2. The van der Waals surface area contributed by atoms with E-state index in [1.807, 2.05) is 22.3 Å². The minimum atomic E-state index is 0. The predicted octanol–water partition coefficient (Wildman–Crippen LogP) is 5.28. The van der Waals surface area contributed by atoms with Gasteiger partial charge >= 0.3 is 0 Å². The van der Waals surface area contributed by atoms with E-state index in [0.29, 0.717) is 18.0 Å². The van der Waals surface area contributed by atoms with Crippen LogP contribution < -0.4 is 9.47 Å². The summed E-state index contributed by atoms with van der Waals surface area (Å²) in [6, 6.07) is 12.3. The number of rotatable bonds is 9. The van der Waals surface area contributed by atoms with Gasteiger partial charge in [0.1, 0.15) is 0 Å². The van der Waals surface area contributed by atoms with Crippen LogP contribution in [0.15, 0.2) is 41.8 Å². The van der Waals surface area contributed by atoms with E-state index < -0.39 is 0 Å². The SMILES string of the molecule is COc1cc2c(cc1OC)C(=O)N(CCCN(C)CCc1csc3ccccc13)C2.Cl.Cl. The minimum absolute atomic E-state index is 0. The van der Waals surface area contributed by atoms with E-state index in [4.69, 9.17) is 9.47 Å². The largest absolute Gasteiger partial charge is 0.493 e. The van der Waals surface area contributed by atoms with Crippen LogP contribution in [0.25, 0.3) is 10.1 Å². The molecule has 0 N–H and O–H groups in total. The van der Waals surface area contributed by atoms with Gasteiger partial charge in [0, 0.05) is 29.9 Å². The number of hydrogen-bond donors (Lipinski definition) is 0. The number of fused-ring (bicyclic) bond motifs is 2. The van der Waals surface area contributed by atoms with E-state index in [1.165, 1.54) is 15.6 Å². The van der Waals surface area contributed by atoms with Gasteiger partial charge in [-0.15, -0.1) is 36.2 Å². The molecule has 0 bridgehead atoms. The third kappa shape index (κ3) is 5.49. The molecule has 0 atom stereocenters. The number of hydrogen-bond acceptors (Lipinski definition) is 5. The van der Waals surface area contributed by atoms with E-state index >= 15 is 0 Å². The fourth-order valence-electron chi connectivity index (χ4n) is 4.06. The molecule has 8 heteroatoms. The molecule has 4 rings (SSSR count).